The quantitative estimate of drug-likeness (QED) is 0.196. The van der Waals surface area contributed by atoms with Crippen LogP contribution < -0.4 is 11.1 Å². The summed E-state index contributed by atoms with van der Waals surface area (Å²) in [7, 11) is 0. The van der Waals surface area contributed by atoms with E-state index in [1.54, 1.807) is 39.8 Å². The summed E-state index contributed by atoms with van der Waals surface area (Å²) in [6, 6.07) is 3.28. The maximum absolute atomic E-state index is 14.3. The molecule has 1 heterocycles. The third-order valence-corrected chi connectivity index (χ3v) is 11.6. The molecule has 0 bridgehead atoms. The Balaban J connectivity index is 1.70. The van der Waals surface area contributed by atoms with Crippen molar-refractivity contribution in [1.29, 1.82) is 0 Å². The van der Waals surface area contributed by atoms with E-state index in [-0.39, 0.29) is 17.0 Å². The van der Waals surface area contributed by atoms with E-state index in [4.69, 9.17) is 5.73 Å². The van der Waals surface area contributed by atoms with Gasteiger partial charge in [0.1, 0.15) is 17.8 Å². The number of anilines is 2. The van der Waals surface area contributed by atoms with Gasteiger partial charge in [-0.05, 0) is 35.8 Å². The highest BCUT2D eigenvalue weighted by Gasteiger charge is 2.80. The molecule has 0 saturated heterocycles. The average Bonchev–Trinajstić information content (AvgIpc) is 3.37. The predicted molar refractivity (Wildman–Crippen MR) is 154 cm³/mol. The molecule has 0 aliphatic heterocycles. The maximum Gasteiger partial charge on any atom is 0.230 e. The second-order valence-electron chi connectivity index (χ2n) is 12.9. The first-order valence-electron chi connectivity index (χ1n) is 14.2. The van der Waals surface area contributed by atoms with E-state index < -0.39 is 81.8 Å². The van der Waals surface area contributed by atoms with Gasteiger partial charge in [0.15, 0.2) is 22.3 Å². The summed E-state index contributed by atoms with van der Waals surface area (Å²) in [5, 5.41) is 64.5. The number of aliphatic hydroxyl groups excluding tert-OH is 3. The van der Waals surface area contributed by atoms with Gasteiger partial charge in [-0.1, -0.05) is 47.6 Å². The molecule has 12 heteroatoms. The third-order valence-electron chi connectivity index (χ3n) is 10.8. The van der Waals surface area contributed by atoms with Gasteiger partial charge in [0.25, 0.3) is 0 Å². The summed E-state index contributed by atoms with van der Waals surface area (Å²) < 4.78 is 0. The molecule has 1 amide bonds. The van der Waals surface area contributed by atoms with Crippen molar-refractivity contribution >= 4 is 39.6 Å². The number of nitrogens with one attached hydrogen (secondary N) is 1. The molecule has 2 saturated carbocycles. The molecule has 10 atom stereocenters. The van der Waals surface area contributed by atoms with Crippen molar-refractivity contribution in [2.75, 3.05) is 5.32 Å². The van der Waals surface area contributed by atoms with Gasteiger partial charge in [-0.3, -0.25) is 14.4 Å². The van der Waals surface area contributed by atoms with Crippen LogP contribution in [-0.4, -0.2) is 71.9 Å². The standard InChI is InChI=1S/C30H39N3O8S/c1-7-13-10-42-27(32-13)33-15-9-8-14-12(4)28(5)19(21(35)16(14)20(15)34)24(38)30(41)23(37)17(25(31)39)22(36)18(11(2)3)29(30,6)26(28)40/h8-12,17-19,22,24,26,34,36,38,40-41H,7H2,1-6H3,(H2,31,39)(H,32,33)/t12-,17-,18+,19-,22?,24?,26-,28+,29+,30+/m1/s1. The minimum Gasteiger partial charge on any atom is -0.505 e. The number of primary amides is 1. The molecule has 8 N–H and O–H groups in total. The molecule has 42 heavy (non-hydrogen) atoms. The summed E-state index contributed by atoms with van der Waals surface area (Å²) in [6.45, 7) is 10.2. The number of hydrogen-bond acceptors (Lipinski definition) is 11. The number of fused-ring (bicyclic) bond motifs is 3. The molecular formula is C30H39N3O8S. The minimum atomic E-state index is -2.82. The number of carbonyl (C=O) groups excluding carboxylic acids is 3. The number of aromatic hydroxyl groups is 1. The molecule has 5 rings (SSSR count). The van der Waals surface area contributed by atoms with E-state index in [0.29, 0.717) is 10.7 Å². The topological polar surface area (TPSA) is 203 Å². The number of rotatable bonds is 5. The summed E-state index contributed by atoms with van der Waals surface area (Å²) in [5.74, 6) is -9.19. The number of nitrogens with two attached hydrogens (primary N) is 1. The first-order chi connectivity index (χ1) is 19.5. The van der Waals surface area contributed by atoms with Crippen molar-refractivity contribution < 1.29 is 39.9 Å². The van der Waals surface area contributed by atoms with Crippen LogP contribution in [0.15, 0.2) is 17.5 Å². The Morgan fingerprint density at radius 3 is 2.38 bits per heavy atom. The maximum atomic E-state index is 14.3. The highest BCUT2D eigenvalue weighted by molar-refractivity contribution is 7.13. The number of phenolic OH excluding ortho intramolecular Hbond substituents is 1. The van der Waals surface area contributed by atoms with Crippen molar-refractivity contribution in [2.24, 2.45) is 40.2 Å². The highest BCUT2D eigenvalue weighted by atomic mass is 32.1. The first kappa shape index (κ1) is 30.6. The molecule has 1 aromatic carbocycles. The average molecular weight is 602 g/mol. The molecule has 1 aromatic heterocycles. The fraction of sp³-hybridized carbons (Fsp3) is 0.600. The number of ketones is 2. The number of aromatic nitrogens is 1. The predicted octanol–water partition coefficient (Wildman–Crippen LogP) is 1.87. The summed E-state index contributed by atoms with van der Waals surface area (Å²) in [4.78, 5) is 45.0. The van der Waals surface area contributed by atoms with E-state index in [2.05, 4.69) is 10.3 Å². The van der Waals surface area contributed by atoms with Gasteiger partial charge in [0.05, 0.1) is 35.1 Å². The molecule has 0 spiro atoms. The number of aryl methyl sites for hydroxylation is 1. The van der Waals surface area contributed by atoms with Gasteiger partial charge >= 0.3 is 0 Å². The van der Waals surface area contributed by atoms with Crippen molar-refractivity contribution in [3.05, 3.63) is 34.3 Å². The van der Waals surface area contributed by atoms with E-state index in [1.807, 2.05) is 12.3 Å². The third kappa shape index (κ3) is 3.59. The van der Waals surface area contributed by atoms with Gasteiger partial charge in [-0.2, -0.15) is 0 Å². The Labute approximate surface area is 247 Å². The Kier molecular flexibility index (Phi) is 7.14. The molecule has 3 aliphatic carbocycles. The summed E-state index contributed by atoms with van der Waals surface area (Å²) >= 11 is 1.33. The molecular weight excluding hydrogens is 562 g/mol. The fourth-order valence-corrected chi connectivity index (χ4v) is 9.31. The van der Waals surface area contributed by atoms with Crippen LogP contribution in [0.1, 0.15) is 69.1 Å². The van der Waals surface area contributed by atoms with Crippen LogP contribution in [0.2, 0.25) is 0 Å². The van der Waals surface area contributed by atoms with Crippen LogP contribution in [0, 0.1) is 34.5 Å². The number of nitrogens with zero attached hydrogens (tertiary/aromatic N) is 1. The minimum absolute atomic E-state index is 0.101. The Morgan fingerprint density at radius 1 is 1.19 bits per heavy atom. The zero-order chi connectivity index (χ0) is 31.3. The second-order valence-corrected chi connectivity index (χ2v) is 13.7. The summed E-state index contributed by atoms with van der Waals surface area (Å²) in [5.41, 5.74) is 0.733. The van der Waals surface area contributed by atoms with Crippen LogP contribution >= 0.6 is 11.3 Å². The van der Waals surface area contributed by atoms with E-state index in [9.17, 15) is 39.9 Å². The van der Waals surface area contributed by atoms with Gasteiger partial charge < -0.3 is 36.6 Å². The first-order valence-corrected chi connectivity index (χ1v) is 15.1. The highest BCUT2D eigenvalue weighted by Crippen LogP contribution is 2.68. The second kappa shape index (κ2) is 9.81. The SMILES string of the molecule is CCc1csc(Nc2ccc3c(c2O)C(=O)[C@@H]2C(O)[C@@]4(O)C(=O)[C@H](C(N)=O)C(O)[C@H](C(C)C)[C@@]4(C)[C@H](O)[C@@]2(C)[C@@H]3C)n1. The molecule has 2 aromatic rings. The smallest absolute Gasteiger partial charge is 0.230 e. The number of phenols is 1. The van der Waals surface area contributed by atoms with E-state index >= 15 is 0 Å². The molecule has 2 unspecified atom stereocenters. The number of thiazole rings is 1. The lowest BCUT2D eigenvalue weighted by Gasteiger charge is -2.69. The molecule has 0 radical (unpaired) electrons. The number of aliphatic hydroxyl groups is 4. The van der Waals surface area contributed by atoms with Gasteiger partial charge in [0.2, 0.25) is 5.91 Å². The molecule has 228 valence electrons. The number of amides is 1. The van der Waals surface area contributed by atoms with Crippen LogP contribution in [-0.2, 0) is 16.0 Å². The Bertz CT molecular complexity index is 1480. The lowest BCUT2D eigenvalue weighted by Crippen LogP contribution is -2.83. The molecule has 11 nitrogen and oxygen atoms in total. The molecule has 2 fully saturated rings. The van der Waals surface area contributed by atoms with Gasteiger partial charge in [-0.15, -0.1) is 11.3 Å². The lowest BCUT2D eigenvalue weighted by molar-refractivity contribution is -0.306. The van der Waals surface area contributed by atoms with Crippen LogP contribution in [0.4, 0.5) is 10.8 Å². The van der Waals surface area contributed by atoms with Gasteiger partial charge in [0, 0.05) is 16.2 Å². The number of carbonyl (C=O) groups is 3. The van der Waals surface area contributed by atoms with E-state index in [0.717, 1.165) is 12.1 Å². The normalized spacial score (nSPS) is 39.5. The number of benzene rings is 1. The van der Waals surface area contributed by atoms with Crippen molar-refractivity contribution in [3.63, 3.8) is 0 Å². The monoisotopic (exact) mass is 601 g/mol. The van der Waals surface area contributed by atoms with Crippen LogP contribution in [0.3, 0.4) is 0 Å². The Morgan fingerprint density at radius 2 is 1.83 bits per heavy atom. The van der Waals surface area contributed by atoms with Gasteiger partial charge in [-0.25, -0.2) is 4.98 Å². The fourth-order valence-electron chi connectivity index (χ4n) is 8.50. The summed E-state index contributed by atoms with van der Waals surface area (Å²) in [6.07, 6.45) is -4.63. The van der Waals surface area contributed by atoms with Crippen LogP contribution in [0.25, 0.3) is 0 Å². The van der Waals surface area contributed by atoms with E-state index in [1.165, 1.54) is 18.3 Å². The largest absolute Gasteiger partial charge is 0.505 e. The van der Waals surface area contributed by atoms with Crippen LogP contribution in [0.5, 0.6) is 5.75 Å². The lowest BCUT2D eigenvalue weighted by atomic mass is 9.36. The Hall–Kier alpha value is -2.90. The van der Waals surface area contributed by atoms with Crippen molar-refractivity contribution in [3.8, 4) is 5.75 Å². The zero-order valence-corrected chi connectivity index (χ0v) is 25.3. The number of hydrogen-bond donors (Lipinski definition) is 7. The van der Waals surface area contributed by atoms with Crippen molar-refractivity contribution in [1.82, 2.24) is 4.98 Å². The number of Topliss-reactive ketones (excluding diaryl/α,β-unsaturated/α-hetero) is 2. The molecule has 3 aliphatic rings. The zero-order valence-electron chi connectivity index (χ0n) is 24.5. The van der Waals surface area contributed by atoms with Crippen molar-refractivity contribution in [2.45, 2.75) is 77.8 Å².